The summed E-state index contributed by atoms with van der Waals surface area (Å²) in [7, 11) is 1.31. The predicted molar refractivity (Wildman–Crippen MR) is 86.0 cm³/mol. The Morgan fingerprint density at radius 1 is 1.46 bits per heavy atom. The van der Waals surface area contributed by atoms with Crippen LogP contribution in [0.5, 0.6) is 5.75 Å². The number of methoxy groups -OCH3 is 1. The maximum atomic E-state index is 12.7. The summed E-state index contributed by atoms with van der Waals surface area (Å²) in [5.41, 5.74) is -0.474. The van der Waals surface area contributed by atoms with Gasteiger partial charge in [0.1, 0.15) is 11.1 Å². The second kappa shape index (κ2) is 5.63. The number of aromatic nitrogens is 1. The smallest absolute Gasteiger partial charge is 0.341 e. The van der Waals surface area contributed by atoms with Gasteiger partial charge in [-0.2, -0.15) is 0 Å². The van der Waals surface area contributed by atoms with Crippen molar-refractivity contribution in [1.29, 1.82) is 0 Å². The number of pyridine rings is 1. The molecule has 24 heavy (non-hydrogen) atoms. The Bertz CT molecular complexity index is 927. The molecule has 1 aromatic heterocycles. The van der Waals surface area contributed by atoms with Crippen LogP contribution < -0.4 is 10.2 Å². The lowest BCUT2D eigenvalue weighted by molar-refractivity contribution is -0.385. The fourth-order valence-corrected chi connectivity index (χ4v) is 3.15. The van der Waals surface area contributed by atoms with E-state index in [1.54, 1.807) is 11.5 Å². The van der Waals surface area contributed by atoms with Crippen LogP contribution in [-0.2, 0) is 6.42 Å². The summed E-state index contributed by atoms with van der Waals surface area (Å²) in [6.07, 6.45) is 1.99. The highest BCUT2D eigenvalue weighted by molar-refractivity contribution is 5.97. The summed E-state index contributed by atoms with van der Waals surface area (Å²) in [4.78, 5) is 35.0. The molecule has 0 atom stereocenters. The minimum absolute atomic E-state index is 0.00635. The van der Waals surface area contributed by atoms with Gasteiger partial charge in [-0.3, -0.25) is 14.9 Å². The third-order valence-electron chi connectivity index (χ3n) is 4.26. The van der Waals surface area contributed by atoms with E-state index in [2.05, 4.69) is 0 Å². The molecule has 0 saturated heterocycles. The van der Waals surface area contributed by atoms with E-state index in [-0.39, 0.29) is 28.4 Å². The quantitative estimate of drug-likeness (QED) is 0.665. The molecule has 2 aromatic rings. The summed E-state index contributed by atoms with van der Waals surface area (Å²) in [5.74, 6) is -1.29. The summed E-state index contributed by atoms with van der Waals surface area (Å²) in [6.45, 7) is 1.76. The van der Waals surface area contributed by atoms with Gasteiger partial charge < -0.3 is 14.4 Å². The number of carboxylic acid groups (broad SMARTS) is 1. The standard InChI is InChI=1S/C16H16N2O6/c1-3-10-12(16(20)21)14(19)9-6-7-11(18(22)23)15(24-2)13(9)17(10)8-4-5-8/h6-8H,3-5H2,1-2H3,(H,20,21). The first kappa shape index (κ1) is 16.0. The topological polar surface area (TPSA) is 112 Å². The molecular weight excluding hydrogens is 316 g/mol. The van der Waals surface area contributed by atoms with E-state index in [4.69, 9.17) is 4.74 Å². The monoisotopic (exact) mass is 332 g/mol. The minimum atomic E-state index is -1.29. The van der Waals surface area contributed by atoms with Crippen molar-refractivity contribution in [2.45, 2.75) is 32.2 Å². The molecule has 1 aliphatic carbocycles. The lowest BCUT2D eigenvalue weighted by Gasteiger charge is -2.19. The zero-order valence-electron chi connectivity index (χ0n) is 13.2. The Hall–Kier alpha value is -2.90. The zero-order chi connectivity index (χ0) is 17.6. The number of rotatable bonds is 5. The SMILES string of the molecule is CCc1c(C(=O)O)c(=O)c2ccc([N+](=O)[O-])c(OC)c2n1C1CC1. The van der Waals surface area contributed by atoms with Crippen LogP contribution in [0.3, 0.4) is 0 Å². The zero-order valence-corrected chi connectivity index (χ0v) is 13.2. The maximum Gasteiger partial charge on any atom is 0.341 e. The number of hydrogen-bond acceptors (Lipinski definition) is 5. The van der Waals surface area contributed by atoms with Gasteiger partial charge in [0.25, 0.3) is 0 Å². The number of fused-ring (bicyclic) bond motifs is 1. The van der Waals surface area contributed by atoms with E-state index in [0.29, 0.717) is 17.6 Å². The molecule has 126 valence electrons. The maximum absolute atomic E-state index is 12.7. The highest BCUT2D eigenvalue weighted by atomic mass is 16.6. The Balaban J connectivity index is 2.58. The number of aromatic carboxylic acids is 1. The third kappa shape index (κ3) is 2.22. The number of nitro groups is 1. The molecule has 1 heterocycles. The number of ether oxygens (including phenoxy) is 1. The first-order valence-corrected chi connectivity index (χ1v) is 7.58. The molecule has 1 aliphatic rings. The van der Waals surface area contributed by atoms with Gasteiger partial charge in [-0.15, -0.1) is 0 Å². The van der Waals surface area contributed by atoms with Crippen molar-refractivity contribution in [1.82, 2.24) is 4.57 Å². The van der Waals surface area contributed by atoms with Crippen molar-refractivity contribution in [2.24, 2.45) is 0 Å². The molecule has 1 aromatic carbocycles. The number of nitrogens with zero attached hydrogens (tertiary/aromatic N) is 2. The highest BCUT2D eigenvalue weighted by Gasteiger charge is 2.33. The highest BCUT2D eigenvalue weighted by Crippen LogP contribution is 2.43. The average Bonchev–Trinajstić information content (AvgIpc) is 3.37. The Morgan fingerprint density at radius 2 is 2.12 bits per heavy atom. The fourth-order valence-electron chi connectivity index (χ4n) is 3.15. The van der Waals surface area contributed by atoms with E-state index >= 15 is 0 Å². The van der Waals surface area contributed by atoms with Gasteiger partial charge >= 0.3 is 11.7 Å². The number of hydrogen-bond donors (Lipinski definition) is 1. The van der Waals surface area contributed by atoms with Gasteiger partial charge in [0, 0.05) is 17.8 Å². The van der Waals surface area contributed by atoms with E-state index in [0.717, 1.165) is 12.8 Å². The van der Waals surface area contributed by atoms with Crippen molar-refractivity contribution >= 4 is 22.6 Å². The van der Waals surface area contributed by atoms with Gasteiger partial charge in [0.15, 0.2) is 0 Å². The van der Waals surface area contributed by atoms with Crippen LogP contribution in [0, 0.1) is 10.1 Å². The second-order valence-corrected chi connectivity index (χ2v) is 5.68. The van der Waals surface area contributed by atoms with Gasteiger partial charge in [0.2, 0.25) is 11.2 Å². The molecule has 3 rings (SSSR count). The Morgan fingerprint density at radius 3 is 2.58 bits per heavy atom. The van der Waals surface area contributed by atoms with Crippen LogP contribution in [-0.4, -0.2) is 27.7 Å². The summed E-state index contributed by atoms with van der Waals surface area (Å²) in [6, 6.07) is 2.51. The molecule has 1 saturated carbocycles. The van der Waals surface area contributed by atoms with Crippen LogP contribution in [0.15, 0.2) is 16.9 Å². The van der Waals surface area contributed by atoms with Crippen molar-refractivity contribution in [3.63, 3.8) is 0 Å². The molecule has 1 N–H and O–H groups in total. The lowest BCUT2D eigenvalue weighted by Crippen LogP contribution is -2.24. The number of carbonyl (C=O) groups is 1. The van der Waals surface area contributed by atoms with Crippen LogP contribution in [0.4, 0.5) is 5.69 Å². The fraction of sp³-hybridized carbons (Fsp3) is 0.375. The largest absolute Gasteiger partial charge is 0.489 e. The van der Waals surface area contributed by atoms with E-state index in [9.17, 15) is 24.8 Å². The minimum Gasteiger partial charge on any atom is -0.489 e. The first-order chi connectivity index (χ1) is 11.4. The molecule has 8 heteroatoms. The van der Waals surface area contributed by atoms with E-state index in [1.165, 1.54) is 19.2 Å². The van der Waals surface area contributed by atoms with Crippen LogP contribution in [0.2, 0.25) is 0 Å². The van der Waals surface area contributed by atoms with E-state index in [1.807, 2.05) is 0 Å². The van der Waals surface area contributed by atoms with Crippen molar-refractivity contribution in [3.8, 4) is 5.75 Å². The second-order valence-electron chi connectivity index (χ2n) is 5.68. The average molecular weight is 332 g/mol. The molecule has 0 spiro atoms. The van der Waals surface area contributed by atoms with Crippen LogP contribution in [0.1, 0.15) is 41.9 Å². The summed E-state index contributed by atoms with van der Waals surface area (Å²) in [5, 5.41) is 20.9. The van der Waals surface area contributed by atoms with Gasteiger partial charge in [-0.05, 0) is 25.3 Å². The number of carboxylic acids is 1. The number of benzene rings is 1. The Labute approximate surface area is 136 Å². The normalized spacial score (nSPS) is 13.9. The lowest BCUT2D eigenvalue weighted by atomic mass is 10.0. The molecule has 0 amide bonds. The van der Waals surface area contributed by atoms with Crippen molar-refractivity contribution in [3.05, 3.63) is 43.7 Å². The molecular formula is C16H16N2O6. The summed E-state index contributed by atoms with van der Waals surface area (Å²) >= 11 is 0. The van der Waals surface area contributed by atoms with Crippen molar-refractivity contribution < 1.29 is 19.6 Å². The third-order valence-corrected chi connectivity index (χ3v) is 4.26. The van der Waals surface area contributed by atoms with E-state index < -0.39 is 16.3 Å². The van der Waals surface area contributed by atoms with Gasteiger partial charge in [-0.25, -0.2) is 4.79 Å². The Kier molecular flexibility index (Phi) is 3.75. The van der Waals surface area contributed by atoms with Crippen LogP contribution >= 0.6 is 0 Å². The van der Waals surface area contributed by atoms with Gasteiger partial charge in [0.05, 0.1) is 17.4 Å². The summed E-state index contributed by atoms with van der Waals surface area (Å²) < 4.78 is 6.99. The van der Waals surface area contributed by atoms with Crippen LogP contribution in [0.25, 0.3) is 10.9 Å². The molecule has 1 fully saturated rings. The van der Waals surface area contributed by atoms with Crippen molar-refractivity contribution in [2.75, 3.05) is 7.11 Å². The number of nitro benzene ring substituents is 1. The predicted octanol–water partition coefficient (Wildman–Crippen LogP) is 2.51. The first-order valence-electron chi connectivity index (χ1n) is 7.58. The molecule has 0 aliphatic heterocycles. The molecule has 0 radical (unpaired) electrons. The molecule has 0 bridgehead atoms. The molecule has 0 unspecified atom stereocenters. The molecule has 8 nitrogen and oxygen atoms in total. The van der Waals surface area contributed by atoms with Gasteiger partial charge in [-0.1, -0.05) is 6.92 Å².